The van der Waals surface area contributed by atoms with Gasteiger partial charge in [0.15, 0.2) is 0 Å². The summed E-state index contributed by atoms with van der Waals surface area (Å²) in [4.78, 5) is 21.4. The molecule has 0 saturated carbocycles. The maximum absolute atomic E-state index is 13.0. The molecule has 1 saturated heterocycles. The molecule has 2 aromatic heterocycles. The molecule has 1 aromatic carbocycles. The monoisotopic (exact) mass is 432 g/mol. The number of nitrogens with zero attached hydrogens (tertiary/aromatic N) is 4. The summed E-state index contributed by atoms with van der Waals surface area (Å²) >= 11 is 12.4. The second kappa shape index (κ2) is 8.30. The van der Waals surface area contributed by atoms with E-state index in [2.05, 4.69) is 15.0 Å². The Balaban J connectivity index is 1.43. The van der Waals surface area contributed by atoms with Gasteiger partial charge in [0.05, 0.1) is 26.7 Å². The highest BCUT2D eigenvalue weighted by atomic mass is 35.5. The molecule has 1 fully saturated rings. The van der Waals surface area contributed by atoms with Crippen LogP contribution < -0.4 is 0 Å². The van der Waals surface area contributed by atoms with Gasteiger partial charge in [-0.25, -0.2) is 4.98 Å². The third-order valence-corrected chi connectivity index (χ3v) is 6.09. The van der Waals surface area contributed by atoms with Gasteiger partial charge >= 0.3 is 0 Å². The highest BCUT2D eigenvalue weighted by molar-refractivity contribution is 6.42. The van der Waals surface area contributed by atoms with Gasteiger partial charge in [0.2, 0.25) is 0 Å². The number of fused-ring (bicyclic) bond motifs is 1. The summed E-state index contributed by atoms with van der Waals surface area (Å²) in [5, 5.41) is 6.05. The zero-order chi connectivity index (χ0) is 20.5. The van der Waals surface area contributed by atoms with Gasteiger partial charge in [-0.2, -0.15) is 0 Å². The summed E-state index contributed by atoms with van der Waals surface area (Å²) in [6.45, 7) is 7.64. The van der Waals surface area contributed by atoms with Crippen molar-refractivity contribution >= 4 is 40.2 Å². The minimum Gasteiger partial charge on any atom is -0.336 e. The SMILES string of the molecule is CC(C)c1noc2ncc(C(=O)N3CCN(Cc4cccc(Cl)c4Cl)CC3)cc12. The number of amides is 1. The Morgan fingerprint density at radius 3 is 2.69 bits per heavy atom. The molecule has 0 bridgehead atoms. The number of carbonyl (C=O) groups excluding carboxylic acids is 1. The van der Waals surface area contributed by atoms with Crippen molar-refractivity contribution < 1.29 is 9.32 Å². The van der Waals surface area contributed by atoms with Gasteiger partial charge in [-0.15, -0.1) is 0 Å². The Kier molecular flexibility index (Phi) is 5.76. The van der Waals surface area contributed by atoms with Crippen LogP contribution in [0.4, 0.5) is 0 Å². The van der Waals surface area contributed by atoms with E-state index in [-0.39, 0.29) is 11.8 Å². The smallest absolute Gasteiger partial charge is 0.257 e. The summed E-state index contributed by atoms with van der Waals surface area (Å²) in [5.41, 5.74) is 2.86. The molecule has 0 radical (unpaired) electrons. The number of benzene rings is 1. The summed E-state index contributed by atoms with van der Waals surface area (Å²) < 4.78 is 5.27. The molecule has 0 N–H and O–H groups in total. The average Bonchev–Trinajstić information content (AvgIpc) is 3.15. The molecule has 152 valence electrons. The van der Waals surface area contributed by atoms with E-state index in [0.29, 0.717) is 41.0 Å². The molecular weight excluding hydrogens is 411 g/mol. The van der Waals surface area contributed by atoms with Crippen molar-refractivity contribution in [3.05, 3.63) is 57.3 Å². The second-order valence-electron chi connectivity index (χ2n) is 7.58. The third kappa shape index (κ3) is 4.10. The van der Waals surface area contributed by atoms with Crippen molar-refractivity contribution in [1.29, 1.82) is 0 Å². The standard InChI is InChI=1S/C21H22Cl2N4O2/c1-13(2)19-16-10-15(11-24-20(16)29-25-19)21(28)27-8-6-26(7-9-27)12-14-4-3-5-17(22)18(14)23/h3-5,10-11,13H,6-9,12H2,1-2H3. The fourth-order valence-electron chi connectivity index (χ4n) is 3.59. The number of hydrogen-bond acceptors (Lipinski definition) is 5. The van der Waals surface area contributed by atoms with E-state index in [1.807, 2.05) is 36.9 Å². The van der Waals surface area contributed by atoms with E-state index >= 15 is 0 Å². The molecule has 6 nitrogen and oxygen atoms in total. The first kappa shape index (κ1) is 20.1. The lowest BCUT2D eigenvalue weighted by Crippen LogP contribution is -2.48. The molecule has 29 heavy (non-hydrogen) atoms. The predicted octanol–water partition coefficient (Wildman–Crippen LogP) is 4.61. The van der Waals surface area contributed by atoms with E-state index in [4.69, 9.17) is 27.7 Å². The summed E-state index contributed by atoms with van der Waals surface area (Å²) in [5.74, 6) is 0.181. The van der Waals surface area contributed by atoms with E-state index in [9.17, 15) is 4.79 Å². The minimum atomic E-state index is -0.0178. The predicted molar refractivity (Wildman–Crippen MR) is 114 cm³/mol. The Bertz CT molecular complexity index is 1040. The Hall–Kier alpha value is -2.15. The fraction of sp³-hybridized carbons (Fsp3) is 0.381. The summed E-state index contributed by atoms with van der Waals surface area (Å²) in [6.07, 6.45) is 1.57. The van der Waals surface area contributed by atoms with Crippen LogP contribution in [0.15, 0.2) is 35.0 Å². The summed E-state index contributed by atoms with van der Waals surface area (Å²) in [7, 11) is 0. The van der Waals surface area contributed by atoms with Crippen LogP contribution in [0.2, 0.25) is 10.0 Å². The lowest BCUT2D eigenvalue weighted by molar-refractivity contribution is 0.0628. The molecular formula is C21H22Cl2N4O2. The van der Waals surface area contributed by atoms with Crippen molar-refractivity contribution in [2.45, 2.75) is 26.3 Å². The van der Waals surface area contributed by atoms with Crippen molar-refractivity contribution in [2.24, 2.45) is 0 Å². The molecule has 3 aromatic rings. The van der Waals surface area contributed by atoms with Gasteiger partial charge in [0, 0.05) is 38.9 Å². The highest BCUT2D eigenvalue weighted by Crippen LogP contribution is 2.27. The van der Waals surface area contributed by atoms with E-state index < -0.39 is 0 Å². The van der Waals surface area contributed by atoms with E-state index in [0.717, 1.165) is 29.7 Å². The van der Waals surface area contributed by atoms with E-state index in [1.165, 1.54) is 0 Å². The normalized spacial score (nSPS) is 15.4. The topological polar surface area (TPSA) is 62.5 Å². The molecule has 3 heterocycles. The van der Waals surface area contributed by atoms with Gasteiger partial charge in [0.1, 0.15) is 0 Å². The first-order valence-corrected chi connectivity index (χ1v) is 10.4. The molecule has 8 heteroatoms. The molecule has 0 spiro atoms. The third-order valence-electron chi connectivity index (χ3n) is 5.24. The number of pyridine rings is 1. The maximum Gasteiger partial charge on any atom is 0.257 e. The van der Waals surface area contributed by atoms with Crippen LogP contribution in [0.3, 0.4) is 0 Å². The second-order valence-corrected chi connectivity index (χ2v) is 8.37. The maximum atomic E-state index is 13.0. The number of piperazine rings is 1. The first-order chi connectivity index (χ1) is 13.9. The largest absolute Gasteiger partial charge is 0.336 e. The average molecular weight is 433 g/mol. The van der Waals surface area contributed by atoms with Crippen LogP contribution in [-0.4, -0.2) is 52.0 Å². The zero-order valence-corrected chi connectivity index (χ0v) is 17.9. The Morgan fingerprint density at radius 1 is 1.21 bits per heavy atom. The lowest BCUT2D eigenvalue weighted by atomic mass is 10.1. The fourth-order valence-corrected chi connectivity index (χ4v) is 3.97. The number of rotatable bonds is 4. The number of hydrogen-bond donors (Lipinski definition) is 0. The van der Waals surface area contributed by atoms with Crippen LogP contribution in [0.5, 0.6) is 0 Å². The number of carbonyl (C=O) groups is 1. The van der Waals surface area contributed by atoms with Gasteiger partial charge in [-0.05, 0) is 23.6 Å². The minimum absolute atomic E-state index is 0.0178. The van der Waals surface area contributed by atoms with Crippen LogP contribution in [0.1, 0.15) is 41.4 Å². The van der Waals surface area contributed by atoms with Gasteiger partial charge in [-0.1, -0.05) is 54.3 Å². The Labute approximate surface area is 179 Å². The number of halogens is 2. The van der Waals surface area contributed by atoms with Gasteiger partial charge < -0.3 is 9.42 Å². The molecule has 0 aliphatic carbocycles. The van der Waals surface area contributed by atoms with Crippen LogP contribution >= 0.6 is 23.2 Å². The molecule has 1 aliphatic rings. The lowest BCUT2D eigenvalue weighted by Gasteiger charge is -2.35. The molecule has 1 amide bonds. The molecule has 4 rings (SSSR count). The first-order valence-electron chi connectivity index (χ1n) is 9.64. The zero-order valence-electron chi connectivity index (χ0n) is 16.4. The van der Waals surface area contributed by atoms with Gasteiger partial charge in [0.25, 0.3) is 11.6 Å². The Morgan fingerprint density at radius 2 is 1.97 bits per heavy atom. The van der Waals surface area contributed by atoms with Crippen molar-refractivity contribution in [1.82, 2.24) is 19.9 Å². The molecule has 0 atom stereocenters. The van der Waals surface area contributed by atoms with Crippen molar-refractivity contribution in [3.63, 3.8) is 0 Å². The number of aromatic nitrogens is 2. The highest BCUT2D eigenvalue weighted by Gasteiger charge is 2.24. The van der Waals surface area contributed by atoms with Crippen LogP contribution in [-0.2, 0) is 6.54 Å². The molecule has 1 aliphatic heterocycles. The van der Waals surface area contributed by atoms with E-state index in [1.54, 1.807) is 12.3 Å². The van der Waals surface area contributed by atoms with Gasteiger partial charge in [-0.3, -0.25) is 9.69 Å². The van der Waals surface area contributed by atoms with Crippen molar-refractivity contribution in [2.75, 3.05) is 26.2 Å². The summed E-state index contributed by atoms with van der Waals surface area (Å²) in [6, 6.07) is 7.52. The quantitative estimate of drug-likeness (QED) is 0.601. The van der Waals surface area contributed by atoms with Crippen LogP contribution in [0.25, 0.3) is 11.1 Å². The van der Waals surface area contributed by atoms with Crippen molar-refractivity contribution in [3.8, 4) is 0 Å². The molecule has 0 unspecified atom stereocenters. The van der Waals surface area contributed by atoms with Crippen LogP contribution in [0, 0.1) is 0 Å².